The first-order valence-electron chi connectivity index (χ1n) is 10.6. The number of thiazole rings is 1. The summed E-state index contributed by atoms with van der Waals surface area (Å²) in [6, 6.07) is 7.51. The van der Waals surface area contributed by atoms with Gasteiger partial charge in [0.2, 0.25) is 5.75 Å². The van der Waals surface area contributed by atoms with Gasteiger partial charge in [0.15, 0.2) is 16.3 Å². The van der Waals surface area contributed by atoms with Gasteiger partial charge in [0.05, 0.1) is 38.2 Å². The van der Waals surface area contributed by atoms with E-state index in [2.05, 4.69) is 11.1 Å². The van der Waals surface area contributed by atoms with Crippen molar-refractivity contribution >= 4 is 39.5 Å². The molecule has 0 fully saturated rings. The molecule has 0 aliphatic carbocycles. The Hall–Kier alpha value is -3.59. The van der Waals surface area contributed by atoms with Crippen LogP contribution >= 0.6 is 11.3 Å². The minimum atomic E-state index is -0.465. The molecule has 0 aliphatic heterocycles. The number of aryl methyl sites for hydroxylation is 2. The lowest BCUT2D eigenvalue weighted by atomic mass is 10.1. The van der Waals surface area contributed by atoms with Gasteiger partial charge in [-0.25, -0.2) is 0 Å². The zero-order chi connectivity index (χ0) is 24.8. The molecule has 0 atom stereocenters. The molecule has 0 radical (unpaired) electrons. The average molecular weight is 485 g/mol. The molecular weight excluding hydrogens is 456 g/mol. The molecule has 9 heteroatoms. The van der Waals surface area contributed by atoms with Crippen LogP contribution in [-0.4, -0.2) is 44.4 Å². The topological polar surface area (TPSA) is 88.4 Å². The van der Waals surface area contributed by atoms with E-state index in [4.69, 9.17) is 18.9 Å². The molecule has 1 aromatic heterocycles. The molecule has 3 rings (SSSR count). The van der Waals surface area contributed by atoms with E-state index in [-0.39, 0.29) is 19.1 Å². The van der Waals surface area contributed by atoms with Crippen LogP contribution in [0.5, 0.6) is 17.2 Å². The second-order valence-corrected chi connectivity index (χ2v) is 8.43. The van der Waals surface area contributed by atoms with Gasteiger partial charge in [0, 0.05) is 6.08 Å². The number of esters is 1. The number of nitrogens with zero attached hydrogens (tertiary/aromatic N) is 2. The highest BCUT2D eigenvalue weighted by Gasteiger charge is 2.15. The van der Waals surface area contributed by atoms with Crippen LogP contribution in [-0.2, 0) is 20.9 Å². The number of ether oxygens (including phenoxy) is 4. The van der Waals surface area contributed by atoms with Crippen LogP contribution in [0.25, 0.3) is 16.3 Å². The van der Waals surface area contributed by atoms with Crippen molar-refractivity contribution in [2.75, 3.05) is 27.9 Å². The predicted octanol–water partition coefficient (Wildman–Crippen LogP) is 4.05. The summed E-state index contributed by atoms with van der Waals surface area (Å²) in [6.45, 7) is 5.99. The molecule has 0 N–H and O–H groups in total. The Kier molecular flexibility index (Phi) is 8.12. The van der Waals surface area contributed by atoms with Gasteiger partial charge >= 0.3 is 5.97 Å². The van der Waals surface area contributed by atoms with Crippen LogP contribution in [0.1, 0.15) is 23.6 Å². The van der Waals surface area contributed by atoms with E-state index in [9.17, 15) is 9.59 Å². The molecule has 1 amide bonds. The van der Waals surface area contributed by atoms with E-state index >= 15 is 0 Å². The highest BCUT2D eigenvalue weighted by Crippen LogP contribution is 2.38. The van der Waals surface area contributed by atoms with Crippen molar-refractivity contribution in [2.45, 2.75) is 27.3 Å². The number of amides is 1. The zero-order valence-electron chi connectivity index (χ0n) is 20.1. The summed E-state index contributed by atoms with van der Waals surface area (Å²) in [4.78, 5) is 29.7. The molecule has 8 nitrogen and oxygen atoms in total. The van der Waals surface area contributed by atoms with Crippen molar-refractivity contribution in [1.82, 2.24) is 4.57 Å². The smallest absolute Gasteiger partial charge is 0.326 e. The minimum Gasteiger partial charge on any atom is -0.493 e. The first-order valence-corrected chi connectivity index (χ1v) is 11.5. The van der Waals surface area contributed by atoms with Crippen LogP contribution in [0.4, 0.5) is 0 Å². The molecule has 34 heavy (non-hydrogen) atoms. The first-order chi connectivity index (χ1) is 16.3. The van der Waals surface area contributed by atoms with Gasteiger partial charge in [-0.1, -0.05) is 17.4 Å². The van der Waals surface area contributed by atoms with E-state index in [0.29, 0.717) is 27.6 Å². The number of carbonyl (C=O) groups excluding carboxylic acids is 2. The number of rotatable bonds is 8. The van der Waals surface area contributed by atoms with Crippen molar-refractivity contribution in [3.8, 4) is 17.2 Å². The lowest BCUT2D eigenvalue weighted by Gasteiger charge is -2.12. The lowest BCUT2D eigenvalue weighted by Crippen LogP contribution is -2.22. The third-order valence-electron chi connectivity index (χ3n) is 5.02. The molecule has 2 aromatic carbocycles. The molecule has 180 valence electrons. The summed E-state index contributed by atoms with van der Waals surface area (Å²) >= 11 is 1.36. The second kappa shape index (κ2) is 11.0. The fourth-order valence-electron chi connectivity index (χ4n) is 3.58. The summed E-state index contributed by atoms with van der Waals surface area (Å²) in [5.41, 5.74) is 3.64. The Morgan fingerprint density at radius 3 is 2.29 bits per heavy atom. The molecule has 0 spiro atoms. The van der Waals surface area contributed by atoms with Gasteiger partial charge in [0.25, 0.3) is 5.91 Å². The molecule has 0 aliphatic rings. The Morgan fingerprint density at radius 2 is 1.71 bits per heavy atom. The van der Waals surface area contributed by atoms with Gasteiger partial charge in [-0.3, -0.25) is 9.59 Å². The van der Waals surface area contributed by atoms with E-state index in [0.717, 1.165) is 21.3 Å². The van der Waals surface area contributed by atoms with Crippen molar-refractivity contribution in [2.24, 2.45) is 4.99 Å². The SMILES string of the molecule is CCOC(=O)Cn1c(=NC(=O)C=Cc2cc(OC)c(OC)c(OC)c2)sc2c(C)cc(C)cc21. The van der Waals surface area contributed by atoms with Gasteiger partial charge in [-0.05, 0) is 61.7 Å². The van der Waals surface area contributed by atoms with Crippen LogP contribution in [0.2, 0.25) is 0 Å². The highest BCUT2D eigenvalue weighted by atomic mass is 32.1. The number of carbonyl (C=O) groups is 2. The maximum Gasteiger partial charge on any atom is 0.326 e. The third kappa shape index (κ3) is 5.48. The minimum absolute atomic E-state index is 0.0283. The van der Waals surface area contributed by atoms with E-state index in [1.807, 2.05) is 19.9 Å². The second-order valence-electron chi connectivity index (χ2n) is 7.45. The Bertz CT molecular complexity index is 1290. The zero-order valence-corrected chi connectivity index (χ0v) is 20.9. The van der Waals surface area contributed by atoms with Crippen LogP contribution in [0.15, 0.2) is 35.3 Å². The first kappa shape index (κ1) is 25.0. The van der Waals surface area contributed by atoms with Crippen LogP contribution in [0, 0.1) is 13.8 Å². The monoisotopic (exact) mass is 484 g/mol. The normalized spacial score (nSPS) is 11.8. The summed E-state index contributed by atoms with van der Waals surface area (Å²) in [5.74, 6) is 0.576. The van der Waals surface area contributed by atoms with Crippen molar-refractivity contribution in [1.29, 1.82) is 0 Å². The van der Waals surface area contributed by atoms with Gasteiger partial charge in [0.1, 0.15) is 6.54 Å². The average Bonchev–Trinajstić information content (AvgIpc) is 3.13. The Morgan fingerprint density at radius 1 is 1.03 bits per heavy atom. The summed E-state index contributed by atoms with van der Waals surface area (Å²) in [7, 11) is 4.58. The maximum absolute atomic E-state index is 12.7. The van der Waals surface area contributed by atoms with Crippen LogP contribution in [0.3, 0.4) is 0 Å². The fourth-order valence-corrected chi connectivity index (χ4v) is 4.67. The molecule has 0 bridgehead atoms. The van der Waals surface area contributed by atoms with Crippen molar-refractivity contribution < 1.29 is 28.5 Å². The van der Waals surface area contributed by atoms with E-state index in [1.165, 1.54) is 38.7 Å². The lowest BCUT2D eigenvalue weighted by molar-refractivity contribution is -0.143. The predicted molar refractivity (Wildman–Crippen MR) is 132 cm³/mol. The number of fused-ring (bicyclic) bond motifs is 1. The molecule has 0 unspecified atom stereocenters. The standard InChI is InChI=1S/C25H28N2O6S/c1-7-33-22(29)14-27-18-11-15(2)10-16(3)24(18)34-25(27)26-21(28)9-8-17-12-19(30-4)23(32-6)20(13-17)31-5/h8-13H,7,14H2,1-6H3. The fraction of sp³-hybridized carbons (Fsp3) is 0.320. The number of hydrogen-bond donors (Lipinski definition) is 0. The maximum atomic E-state index is 12.7. The Balaban J connectivity index is 2.02. The van der Waals surface area contributed by atoms with E-state index in [1.54, 1.807) is 29.7 Å². The summed E-state index contributed by atoms with van der Waals surface area (Å²) in [5, 5.41) is 0. The molecule has 0 saturated heterocycles. The van der Waals surface area contributed by atoms with E-state index < -0.39 is 5.91 Å². The molecule has 3 aromatic rings. The summed E-state index contributed by atoms with van der Waals surface area (Å²) < 4.78 is 23.9. The molecule has 0 saturated carbocycles. The van der Waals surface area contributed by atoms with Crippen molar-refractivity contribution in [3.63, 3.8) is 0 Å². The van der Waals surface area contributed by atoms with Gasteiger partial charge in [-0.15, -0.1) is 0 Å². The number of aromatic nitrogens is 1. The number of methoxy groups -OCH3 is 3. The number of hydrogen-bond acceptors (Lipinski definition) is 7. The van der Waals surface area contributed by atoms with Gasteiger partial charge in [-0.2, -0.15) is 4.99 Å². The molecular formula is C25H28N2O6S. The molecule has 1 heterocycles. The quantitative estimate of drug-likeness (QED) is 0.354. The third-order valence-corrected chi connectivity index (χ3v) is 6.25. The largest absolute Gasteiger partial charge is 0.493 e. The summed E-state index contributed by atoms with van der Waals surface area (Å²) in [6.07, 6.45) is 2.98. The van der Waals surface area contributed by atoms with Crippen LogP contribution < -0.4 is 19.0 Å². The van der Waals surface area contributed by atoms with Gasteiger partial charge < -0.3 is 23.5 Å². The number of benzene rings is 2. The van der Waals surface area contributed by atoms with Crippen molar-refractivity contribution in [3.05, 3.63) is 51.8 Å². The highest BCUT2D eigenvalue weighted by molar-refractivity contribution is 7.16. The Labute approximate surface area is 202 Å².